The van der Waals surface area contributed by atoms with Gasteiger partial charge < -0.3 is 4.90 Å². The highest BCUT2D eigenvalue weighted by Crippen LogP contribution is 2.45. The molecule has 0 aromatic heterocycles. The Kier molecular flexibility index (Phi) is 3.41. The van der Waals surface area contributed by atoms with E-state index >= 15 is 0 Å². The lowest BCUT2D eigenvalue weighted by Crippen LogP contribution is -2.53. The minimum Gasteiger partial charge on any atom is -0.302 e. The van der Waals surface area contributed by atoms with Crippen LogP contribution in [-0.2, 0) is 9.59 Å². The normalized spacial score (nSPS) is 34.3. The molecule has 2 aliphatic heterocycles. The largest absolute Gasteiger partial charge is 0.302 e. The molecular formula is C17H23N3O2. The third kappa shape index (κ3) is 1.80. The second-order valence-electron chi connectivity index (χ2n) is 7.29. The van der Waals surface area contributed by atoms with Crippen LogP contribution < -0.4 is 0 Å². The molecule has 4 atom stereocenters. The van der Waals surface area contributed by atoms with Crippen molar-refractivity contribution in [1.82, 2.24) is 9.80 Å². The minimum atomic E-state index is -1.08. The SMILES string of the molecule is CC(C)C(C)(C#N)N1C(=O)C2=CCC3CCN(C)C3C2C1=O. The topological polar surface area (TPSA) is 64.4 Å². The Balaban J connectivity index is 2.04. The molecular weight excluding hydrogens is 278 g/mol. The zero-order valence-electron chi connectivity index (χ0n) is 13.7. The van der Waals surface area contributed by atoms with Gasteiger partial charge in [0.2, 0.25) is 5.91 Å². The first-order chi connectivity index (χ1) is 10.3. The van der Waals surface area contributed by atoms with E-state index < -0.39 is 5.54 Å². The van der Waals surface area contributed by atoms with Gasteiger partial charge in [-0.1, -0.05) is 19.9 Å². The van der Waals surface area contributed by atoms with Gasteiger partial charge in [-0.25, -0.2) is 0 Å². The number of likely N-dealkylation sites (tertiary alicyclic amines) is 2. The van der Waals surface area contributed by atoms with E-state index in [1.807, 2.05) is 27.0 Å². The van der Waals surface area contributed by atoms with Gasteiger partial charge in [0.1, 0.15) is 5.54 Å². The fourth-order valence-corrected chi connectivity index (χ4v) is 4.17. The molecule has 22 heavy (non-hydrogen) atoms. The summed E-state index contributed by atoms with van der Waals surface area (Å²) in [5.41, 5.74) is -0.471. The van der Waals surface area contributed by atoms with Crippen molar-refractivity contribution in [3.8, 4) is 6.07 Å². The summed E-state index contributed by atoms with van der Waals surface area (Å²) >= 11 is 0. The number of allylic oxidation sites excluding steroid dienone is 1. The summed E-state index contributed by atoms with van der Waals surface area (Å²) in [7, 11) is 2.03. The molecule has 2 fully saturated rings. The Morgan fingerprint density at radius 3 is 2.68 bits per heavy atom. The summed E-state index contributed by atoms with van der Waals surface area (Å²) in [6, 6.07) is 2.31. The van der Waals surface area contributed by atoms with Gasteiger partial charge in [-0.15, -0.1) is 0 Å². The van der Waals surface area contributed by atoms with E-state index in [0.29, 0.717) is 11.5 Å². The fraction of sp³-hybridized carbons (Fsp3) is 0.706. The monoisotopic (exact) mass is 301 g/mol. The average molecular weight is 301 g/mol. The van der Waals surface area contributed by atoms with Crippen LogP contribution in [0.4, 0.5) is 0 Å². The molecule has 0 aromatic rings. The molecule has 3 rings (SSSR count). The molecule has 2 heterocycles. The van der Waals surface area contributed by atoms with E-state index in [2.05, 4.69) is 11.0 Å². The molecule has 0 aromatic carbocycles. The fourth-order valence-electron chi connectivity index (χ4n) is 4.17. The highest BCUT2D eigenvalue weighted by Gasteiger charge is 2.58. The maximum Gasteiger partial charge on any atom is 0.258 e. The van der Waals surface area contributed by atoms with Gasteiger partial charge >= 0.3 is 0 Å². The van der Waals surface area contributed by atoms with E-state index in [9.17, 15) is 14.9 Å². The van der Waals surface area contributed by atoms with E-state index in [-0.39, 0.29) is 29.7 Å². The van der Waals surface area contributed by atoms with E-state index in [1.165, 1.54) is 4.90 Å². The lowest BCUT2D eigenvalue weighted by Gasteiger charge is -2.35. The molecule has 4 unspecified atom stereocenters. The van der Waals surface area contributed by atoms with Crippen LogP contribution in [0.2, 0.25) is 0 Å². The van der Waals surface area contributed by atoms with Crippen LogP contribution >= 0.6 is 0 Å². The van der Waals surface area contributed by atoms with Crippen molar-refractivity contribution < 1.29 is 9.59 Å². The number of amides is 2. The zero-order valence-corrected chi connectivity index (χ0v) is 13.7. The maximum absolute atomic E-state index is 13.0. The number of nitrogens with zero attached hydrogens (tertiary/aromatic N) is 3. The zero-order chi connectivity index (χ0) is 16.2. The predicted molar refractivity (Wildman–Crippen MR) is 81.4 cm³/mol. The summed E-state index contributed by atoms with van der Waals surface area (Å²) in [4.78, 5) is 29.3. The van der Waals surface area contributed by atoms with Gasteiger partial charge in [-0.05, 0) is 45.2 Å². The van der Waals surface area contributed by atoms with Crippen LogP contribution in [0.25, 0.3) is 0 Å². The summed E-state index contributed by atoms with van der Waals surface area (Å²) in [5.74, 6) is -0.486. The molecule has 1 aliphatic carbocycles. The summed E-state index contributed by atoms with van der Waals surface area (Å²) in [6.45, 7) is 6.42. The van der Waals surface area contributed by atoms with Crippen molar-refractivity contribution in [3.63, 3.8) is 0 Å². The van der Waals surface area contributed by atoms with Crippen molar-refractivity contribution in [3.05, 3.63) is 11.6 Å². The van der Waals surface area contributed by atoms with Crippen LogP contribution in [0.1, 0.15) is 33.6 Å². The van der Waals surface area contributed by atoms with Gasteiger partial charge in [-0.3, -0.25) is 14.5 Å². The van der Waals surface area contributed by atoms with Gasteiger partial charge in [0.05, 0.1) is 12.0 Å². The minimum absolute atomic E-state index is 0.108. The van der Waals surface area contributed by atoms with Gasteiger partial charge in [0.15, 0.2) is 0 Å². The Hall–Kier alpha value is -1.67. The molecule has 0 bridgehead atoms. The van der Waals surface area contributed by atoms with Crippen LogP contribution in [0, 0.1) is 29.1 Å². The standard InChI is InChI=1S/C17H23N3O2/c1-10(2)17(3,9-18)20-15(21)12-6-5-11-7-8-19(4)14(11)13(12)16(20)22/h6,10-11,13-14H,5,7-8H2,1-4H3. The number of imide groups is 1. The molecule has 0 radical (unpaired) electrons. The smallest absolute Gasteiger partial charge is 0.258 e. The first-order valence-corrected chi connectivity index (χ1v) is 8.03. The number of carbonyl (C=O) groups excluding carboxylic acids is 2. The summed E-state index contributed by atoms with van der Waals surface area (Å²) < 4.78 is 0. The summed E-state index contributed by atoms with van der Waals surface area (Å²) in [6.07, 6.45) is 3.88. The molecule has 3 aliphatic rings. The quantitative estimate of drug-likeness (QED) is 0.726. The number of hydrogen-bond acceptors (Lipinski definition) is 4. The van der Waals surface area contributed by atoms with E-state index in [1.54, 1.807) is 6.92 Å². The molecule has 2 saturated heterocycles. The van der Waals surface area contributed by atoms with Gasteiger partial charge in [-0.2, -0.15) is 5.26 Å². The second-order valence-corrected chi connectivity index (χ2v) is 7.29. The lowest BCUT2D eigenvalue weighted by molar-refractivity contribution is -0.145. The lowest BCUT2D eigenvalue weighted by atomic mass is 9.78. The number of hydrogen-bond donors (Lipinski definition) is 0. The number of rotatable bonds is 2. The van der Waals surface area contributed by atoms with Crippen molar-refractivity contribution in [2.24, 2.45) is 17.8 Å². The molecule has 118 valence electrons. The van der Waals surface area contributed by atoms with Crippen molar-refractivity contribution in [2.75, 3.05) is 13.6 Å². The highest BCUT2D eigenvalue weighted by atomic mass is 16.2. The van der Waals surface area contributed by atoms with Gasteiger partial charge in [0, 0.05) is 11.6 Å². The third-order valence-corrected chi connectivity index (χ3v) is 5.91. The molecule has 2 amide bonds. The number of nitriles is 1. The van der Waals surface area contributed by atoms with Crippen LogP contribution in [0.15, 0.2) is 11.6 Å². The van der Waals surface area contributed by atoms with Gasteiger partial charge in [0.25, 0.3) is 5.91 Å². The number of carbonyl (C=O) groups is 2. The van der Waals surface area contributed by atoms with Crippen molar-refractivity contribution in [2.45, 2.75) is 45.2 Å². The molecule has 5 nitrogen and oxygen atoms in total. The van der Waals surface area contributed by atoms with Crippen LogP contribution in [-0.4, -0.2) is 46.8 Å². The average Bonchev–Trinajstić information content (AvgIpc) is 2.98. The Labute approximate surface area is 131 Å². The molecule has 0 saturated carbocycles. The first kappa shape index (κ1) is 15.2. The van der Waals surface area contributed by atoms with Crippen LogP contribution in [0.3, 0.4) is 0 Å². The first-order valence-electron chi connectivity index (χ1n) is 8.03. The Morgan fingerprint density at radius 2 is 2.09 bits per heavy atom. The van der Waals surface area contributed by atoms with Crippen LogP contribution in [0.5, 0.6) is 0 Å². The maximum atomic E-state index is 13.0. The van der Waals surface area contributed by atoms with E-state index in [0.717, 1.165) is 19.4 Å². The van der Waals surface area contributed by atoms with E-state index in [4.69, 9.17) is 0 Å². The highest BCUT2D eigenvalue weighted by molar-refractivity contribution is 6.16. The number of fused-ring (bicyclic) bond motifs is 3. The second kappa shape index (κ2) is 4.92. The summed E-state index contributed by atoms with van der Waals surface area (Å²) in [5, 5.41) is 9.60. The Bertz CT molecular complexity index is 604. The van der Waals surface area contributed by atoms with Crippen molar-refractivity contribution in [1.29, 1.82) is 5.26 Å². The Morgan fingerprint density at radius 1 is 1.41 bits per heavy atom. The molecule has 0 spiro atoms. The predicted octanol–water partition coefficient (Wildman–Crippen LogP) is 1.56. The third-order valence-electron chi connectivity index (χ3n) is 5.91. The molecule has 0 N–H and O–H groups in total. The molecule has 5 heteroatoms. The van der Waals surface area contributed by atoms with Crippen molar-refractivity contribution >= 4 is 11.8 Å².